The average molecular weight is 173 g/mol. The maximum atomic E-state index is 7.34. The summed E-state index contributed by atoms with van der Waals surface area (Å²) in [5.41, 5.74) is 0.469. The van der Waals surface area contributed by atoms with Gasteiger partial charge in [-0.15, -0.1) is 0 Å². The predicted octanol–water partition coefficient (Wildman–Crippen LogP) is 0.645. The molecule has 3 heteroatoms. The molecule has 3 N–H and O–H groups in total. The number of phenolic OH excluding ortho intramolecular Hbond substituents is 1. The molecule has 0 heterocycles. The van der Waals surface area contributed by atoms with E-state index in [1.165, 1.54) is 6.07 Å². The topological polar surface area (TPSA) is 52.5 Å². The molecule has 0 unspecified atom stereocenters. The first kappa shape index (κ1) is 3.77. The highest BCUT2D eigenvalue weighted by Gasteiger charge is 2.05. The van der Waals surface area contributed by atoms with E-state index >= 15 is 0 Å². The Kier molecular flexibility index (Phi) is 1.28. The van der Waals surface area contributed by atoms with Crippen LogP contribution in [-0.2, 0) is 0 Å². The number of benzene rings is 1. The van der Waals surface area contributed by atoms with Crippen molar-refractivity contribution in [2.75, 3.05) is 13.5 Å². The highest BCUT2D eigenvalue weighted by atomic mass is 16.3. The van der Waals surface area contributed by atoms with Crippen LogP contribution in [0.5, 0.6) is 5.75 Å². The van der Waals surface area contributed by atoms with E-state index in [9.17, 15) is 0 Å². The van der Waals surface area contributed by atoms with E-state index in [2.05, 4.69) is 10.2 Å². The molecular weight excluding hydrogens is 154 g/mol. The van der Waals surface area contributed by atoms with Gasteiger partial charge in [0.25, 0.3) is 1.43 Å². The lowest BCUT2D eigenvalue weighted by atomic mass is 10.1. The molecule has 0 aromatic heterocycles. The standard InChI is InChI=1S/C9H13NO2/c1-10-6-9(12)7-3-2-4-8(11)5-7/h2-5,9-12H,6H2,1H3/t9-/m0/s1/i1D3,12D/hD2. The Morgan fingerprint density at radius 1 is 1.83 bits per heavy atom. The van der Waals surface area contributed by atoms with Gasteiger partial charge in [-0.05, 0) is 24.7 Å². The van der Waals surface area contributed by atoms with Gasteiger partial charge in [-0.3, -0.25) is 0 Å². The van der Waals surface area contributed by atoms with E-state index in [0.717, 1.165) is 0 Å². The number of aliphatic hydroxyl groups excluding tert-OH is 1. The van der Waals surface area contributed by atoms with Crippen LogP contribution in [0.3, 0.4) is 0 Å². The summed E-state index contributed by atoms with van der Waals surface area (Å²) < 4.78 is 42.2. The van der Waals surface area contributed by atoms with Gasteiger partial charge in [0.1, 0.15) is 7.16 Å². The molecule has 0 aliphatic rings. The Morgan fingerprint density at radius 2 is 2.83 bits per heavy atom. The van der Waals surface area contributed by atoms with Crippen molar-refractivity contribution < 1.29 is 15.7 Å². The summed E-state index contributed by atoms with van der Waals surface area (Å²) in [6.45, 7) is -2.86. The molecule has 12 heavy (non-hydrogen) atoms. The normalized spacial score (nSPS) is 21.1. The maximum Gasteiger partial charge on any atom is 0.293 e. The summed E-state index contributed by atoms with van der Waals surface area (Å²) in [4.78, 5) is 0. The Morgan fingerprint density at radius 3 is 3.58 bits per heavy atom. The highest BCUT2D eigenvalue weighted by Crippen LogP contribution is 2.17. The van der Waals surface area contributed by atoms with Crippen molar-refractivity contribution in [2.24, 2.45) is 0 Å². The van der Waals surface area contributed by atoms with E-state index in [0.29, 0.717) is 10.9 Å². The third kappa shape index (κ3) is 2.22. The quantitative estimate of drug-likeness (QED) is 0.612. The second-order valence-corrected chi connectivity index (χ2v) is 2.40. The van der Waals surface area contributed by atoms with Crippen molar-refractivity contribution in [3.05, 3.63) is 29.8 Å². The Labute approximate surface area is 80.3 Å². The fraction of sp³-hybridized carbons (Fsp3) is 0.333. The van der Waals surface area contributed by atoms with Crippen LogP contribution in [0.1, 0.15) is 15.8 Å². The number of aliphatic hydroxyl groups is 1. The molecule has 0 aliphatic carbocycles. The highest BCUT2D eigenvalue weighted by molar-refractivity contribution is 5.28. The molecule has 0 amide bonds. The number of hydrogen-bond donors (Lipinski definition) is 3. The maximum absolute atomic E-state index is 7.34. The lowest BCUT2D eigenvalue weighted by Gasteiger charge is -2.09. The SMILES string of the molecule is [2H]Oc1cccc([C@H](CN([2H])C([2H])([2H])[2H])O[2H])c1. The lowest BCUT2D eigenvalue weighted by Crippen LogP contribution is -2.16. The Bertz CT molecular complexity index is 386. The van der Waals surface area contributed by atoms with Gasteiger partial charge >= 0.3 is 0 Å². The van der Waals surface area contributed by atoms with Crippen LogP contribution in [0, 0.1) is 0 Å². The van der Waals surface area contributed by atoms with Crippen LogP contribution < -0.4 is 5.31 Å². The minimum atomic E-state index is -2.57. The van der Waals surface area contributed by atoms with Crippen LogP contribution in [0.25, 0.3) is 0 Å². The van der Waals surface area contributed by atoms with Crippen LogP contribution in [0.4, 0.5) is 0 Å². The van der Waals surface area contributed by atoms with Crippen LogP contribution in [-0.4, -0.2) is 26.6 Å². The summed E-state index contributed by atoms with van der Waals surface area (Å²) in [5, 5.41) is 9.08. The summed E-state index contributed by atoms with van der Waals surface area (Å²) >= 11 is 0. The van der Waals surface area contributed by atoms with Crippen LogP contribution in [0.15, 0.2) is 24.3 Å². The van der Waals surface area contributed by atoms with E-state index < -0.39 is 13.1 Å². The van der Waals surface area contributed by atoms with Gasteiger partial charge in [0.2, 0.25) is 1.43 Å². The molecule has 0 fully saturated rings. The second kappa shape index (κ2) is 4.09. The van der Waals surface area contributed by atoms with E-state index in [1.807, 2.05) is 0 Å². The summed E-state index contributed by atoms with van der Waals surface area (Å²) in [5.74, 6) is 0.250. The molecule has 0 radical (unpaired) electrons. The third-order valence-corrected chi connectivity index (χ3v) is 1.49. The average Bonchev–Trinajstić information content (AvgIpc) is 2.34. The largest absolute Gasteiger partial charge is 0.508 e. The first-order valence-electron chi connectivity index (χ1n) is 6.26. The van der Waals surface area contributed by atoms with Crippen LogP contribution in [0.2, 0.25) is 1.41 Å². The van der Waals surface area contributed by atoms with E-state index in [4.69, 9.17) is 8.39 Å². The number of phenols is 1. The molecule has 1 atom stereocenters. The third-order valence-electron chi connectivity index (χ3n) is 1.49. The minimum Gasteiger partial charge on any atom is -0.508 e. The molecule has 0 bridgehead atoms. The van der Waals surface area contributed by atoms with Crippen molar-refractivity contribution >= 4 is 0 Å². The van der Waals surface area contributed by atoms with Crippen molar-refractivity contribution in [3.8, 4) is 5.75 Å². The number of likely N-dealkylation sites (N-methyl/N-ethyl adjacent to an activating group) is 1. The van der Waals surface area contributed by atoms with Gasteiger partial charge < -0.3 is 15.5 Å². The molecular formula is C9H13NO2. The zero-order valence-corrected chi connectivity index (χ0v) is 6.36. The fourth-order valence-corrected chi connectivity index (χ4v) is 0.903. The molecule has 1 rings (SSSR count). The second-order valence-electron chi connectivity index (χ2n) is 2.40. The molecule has 66 valence electrons. The molecule has 0 spiro atoms. The first-order valence-corrected chi connectivity index (χ1v) is 3.50. The van der Waals surface area contributed by atoms with Crippen LogP contribution >= 0.6 is 0 Å². The molecule has 3 nitrogen and oxygen atoms in total. The number of aromatic hydroxyl groups is 1. The molecule has 0 saturated heterocycles. The van der Waals surface area contributed by atoms with Gasteiger partial charge in [0.05, 0.1) is 6.10 Å². The number of nitrogens with one attached hydrogen (secondary N) is 1. The van der Waals surface area contributed by atoms with Gasteiger partial charge in [-0.1, -0.05) is 12.1 Å². The Hall–Kier alpha value is -1.06. The number of hydrogen-bond acceptors (Lipinski definition) is 3. The predicted molar refractivity (Wildman–Crippen MR) is 47.0 cm³/mol. The van der Waals surface area contributed by atoms with E-state index in [1.54, 1.807) is 18.2 Å². The molecule has 0 saturated carbocycles. The van der Waals surface area contributed by atoms with Gasteiger partial charge in [-0.25, -0.2) is 0 Å². The fourth-order valence-electron chi connectivity index (χ4n) is 0.903. The zero-order chi connectivity index (χ0) is 13.8. The van der Waals surface area contributed by atoms with Crippen molar-refractivity contribution in [3.63, 3.8) is 0 Å². The lowest BCUT2D eigenvalue weighted by molar-refractivity contribution is 0.177. The summed E-state index contributed by atoms with van der Waals surface area (Å²) in [7, 11) is 0. The van der Waals surface area contributed by atoms with Crippen molar-refractivity contribution in [2.45, 2.75) is 6.10 Å². The molecule has 1 aromatic rings. The minimum absolute atomic E-state index is 0.250. The summed E-state index contributed by atoms with van der Waals surface area (Å²) in [6, 6.07) is 6.20. The first-order chi connectivity index (χ1) is 8.38. The smallest absolute Gasteiger partial charge is 0.293 e. The zero-order valence-electron chi connectivity index (χ0n) is 12.4. The molecule has 0 aliphatic heterocycles. The van der Waals surface area contributed by atoms with Crippen molar-refractivity contribution in [1.82, 2.24) is 5.31 Å². The Balaban J connectivity index is 2.82. The van der Waals surface area contributed by atoms with Gasteiger partial charge in [-0.2, -0.15) is 0 Å². The summed E-state index contributed by atoms with van der Waals surface area (Å²) in [6.07, 6.45) is -0.905. The van der Waals surface area contributed by atoms with Gasteiger partial charge in [0.15, 0.2) is 0 Å². The van der Waals surface area contributed by atoms with E-state index in [-0.39, 0.29) is 12.3 Å². The van der Waals surface area contributed by atoms with Gasteiger partial charge in [0, 0.05) is 10.7 Å². The number of rotatable bonds is 5. The van der Waals surface area contributed by atoms with Crippen molar-refractivity contribution in [1.29, 1.82) is 2.86 Å². The monoisotopic (exact) mass is 173 g/mol. The molecule has 1 aromatic carbocycles.